The van der Waals surface area contributed by atoms with Gasteiger partial charge < -0.3 is 20.1 Å². The number of rotatable bonds is 4. The number of nitrogens with one attached hydrogen (secondary N) is 2. The van der Waals surface area contributed by atoms with E-state index >= 15 is 0 Å². The van der Waals surface area contributed by atoms with Crippen LogP contribution in [-0.2, 0) is 4.74 Å². The van der Waals surface area contributed by atoms with Gasteiger partial charge in [-0.05, 0) is 30.2 Å². The van der Waals surface area contributed by atoms with Crippen molar-refractivity contribution in [3.05, 3.63) is 64.2 Å². The molecule has 2 aromatic carbocycles. The van der Waals surface area contributed by atoms with E-state index in [1.807, 2.05) is 18.2 Å². The summed E-state index contributed by atoms with van der Waals surface area (Å²) in [5.74, 6) is 1.03. The van der Waals surface area contributed by atoms with Crippen molar-refractivity contribution in [1.29, 1.82) is 0 Å². The number of amides is 2. The largest absolute Gasteiger partial charge is 0.491 e. The van der Waals surface area contributed by atoms with Crippen LogP contribution in [0.15, 0.2) is 36.4 Å². The Morgan fingerprint density at radius 2 is 1.76 bits per heavy atom. The Bertz CT molecular complexity index is 992. The van der Waals surface area contributed by atoms with Gasteiger partial charge in [0.1, 0.15) is 5.75 Å². The van der Waals surface area contributed by atoms with Crippen LogP contribution in [0.5, 0.6) is 5.75 Å². The van der Waals surface area contributed by atoms with E-state index in [4.69, 9.17) is 9.47 Å². The van der Waals surface area contributed by atoms with Crippen molar-refractivity contribution in [3.63, 3.8) is 0 Å². The minimum absolute atomic E-state index is 0.00365. The number of fused-ring (bicyclic) bond motifs is 2. The molecule has 1 aliphatic carbocycles. The lowest BCUT2D eigenvalue weighted by molar-refractivity contribution is 0.0929. The second-order valence-corrected chi connectivity index (χ2v) is 8.11. The number of aryl methyl sites for hydroxylation is 1. The zero-order valence-electron chi connectivity index (χ0n) is 16.5. The summed E-state index contributed by atoms with van der Waals surface area (Å²) >= 11 is 0. The molecule has 29 heavy (non-hydrogen) atoms. The van der Waals surface area contributed by atoms with E-state index in [1.165, 1.54) is 0 Å². The standard InChI is InChI=1S/C23H24N2O4/c1-12-5-3-4-6-14(12)17-11-29-21-15(17)7-13(8-16(21)23(27)24-2)22(26)25-20-18-9-28-10-19(18)20/h3-8,17-20H,9-11H2,1-2H3,(H,24,27)(H,25,26). The Morgan fingerprint density at radius 1 is 1.00 bits per heavy atom. The molecule has 2 amide bonds. The molecular weight excluding hydrogens is 368 g/mol. The Kier molecular flexibility index (Phi) is 4.32. The van der Waals surface area contributed by atoms with Gasteiger partial charge in [-0.2, -0.15) is 0 Å². The van der Waals surface area contributed by atoms with Crippen molar-refractivity contribution >= 4 is 11.8 Å². The van der Waals surface area contributed by atoms with Gasteiger partial charge >= 0.3 is 0 Å². The Morgan fingerprint density at radius 3 is 2.48 bits per heavy atom. The topological polar surface area (TPSA) is 76.7 Å². The third-order valence-corrected chi connectivity index (χ3v) is 6.44. The van der Waals surface area contributed by atoms with Gasteiger partial charge in [0.25, 0.3) is 11.8 Å². The molecule has 6 nitrogen and oxygen atoms in total. The monoisotopic (exact) mass is 392 g/mol. The van der Waals surface area contributed by atoms with Gasteiger partial charge in [-0.3, -0.25) is 9.59 Å². The van der Waals surface area contributed by atoms with E-state index in [2.05, 4.69) is 29.7 Å². The van der Waals surface area contributed by atoms with Crippen molar-refractivity contribution in [3.8, 4) is 5.75 Å². The quantitative estimate of drug-likeness (QED) is 0.837. The van der Waals surface area contributed by atoms with Gasteiger partial charge in [0.2, 0.25) is 0 Å². The molecule has 2 N–H and O–H groups in total. The van der Waals surface area contributed by atoms with E-state index in [-0.39, 0.29) is 23.8 Å². The third-order valence-electron chi connectivity index (χ3n) is 6.44. The Labute approximate surface area is 169 Å². The van der Waals surface area contributed by atoms with Crippen LogP contribution in [0.3, 0.4) is 0 Å². The maximum absolute atomic E-state index is 13.0. The number of benzene rings is 2. The third kappa shape index (κ3) is 2.99. The van der Waals surface area contributed by atoms with Crippen molar-refractivity contribution in [1.82, 2.24) is 10.6 Å². The van der Waals surface area contributed by atoms with Gasteiger partial charge in [-0.25, -0.2) is 0 Å². The Balaban J connectivity index is 1.51. The second-order valence-electron chi connectivity index (χ2n) is 8.11. The van der Waals surface area contributed by atoms with Crippen LogP contribution in [0.4, 0.5) is 0 Å². The lowest BCUT2D eigenvalue weighted by atomic mass is 9.88. The molecular formula is C23H24N2O4. The summed E-state index contributed by atoms with van der Waals surface area (Å²) in [6.07, 6.45) is 0. The fourth-order valence-electron chi connectivity index (χ4n) is 4.69. The van der Waals surface area contributed by atoms with Crippen LogP contribution in [0.25, 0.3) is 0 Å². The first-order chi connectivity index (χ1) is 14.1. The van der Waals surface area contributed by atoms with E-state index in [0.717, 1.165) is 16.7 Å². The molecule has 6 heteroatoms. The van der Waals surface area contributed by atoms with Crippen LogP contribution in [0, 0.1) is 18.8 Å². The fourth-order valence-corrected chi connectivity index (χ4v) is 4.69. The van der Waals surface area contributed by atoms with Crippen LogP contribution in [0.1, 0.15) is 43.3 Å². The van der Waals surface area contributed by atoms with Crippen molar-refractivity contribution in [2.75, 3.05) is 26.9 Å². The zero-order valence-corrected chi connectivity index (χ0v) is 16.5. The lowest BCUT2D eigenvalue weighted by Crippen LogP contribution is -2.30. The molecule has 3 aliphatic rings. The molecule has 2 heterocycles. The maximum Gasteiger partial charge on any atom is 0.254 e. The van der Waals surface area contributed by atoms with Crippen LogP contribution in [0.2, 0.25) is 0 Å². The van der Waals surface area contributed by atoms with Gasteiger partial charge in [-0.15, -0.1) is 0 Å². The van der Waals surface area contributed by atoms with Gasteiger partial charge in [0.15, 0.2) is 0 Å². The molecule has 2 aliphatic heterocycles. The number of hydrogen-bond acceptors (Lipinski definition) is 4. The highest BCUT2D eigenvalue weighted by Gasteiger charge is 2.54. The average Bonchev–Trinajstić information content (AvgIpc) is 3.09. The predicted molar refractivity (Wildman–Crippen MR) is 107 cm³/mol. The van der Waals surface area contributed by atoms with Crippen molar-refractivity contribution < 1.29 is 19.1 Å². The average molecular weight is 392 g/mol. The molecule has 150 valence electrons. The number of hydrogen-bond donors (Lipinski definition) is 2. The molecule has 0 radical (unpaired) electrons. The smallest absolute Gasteiger partial charge is 0.254 e. The molecule has 3 unspecified atom stereocenters. The molecule has 0 aromatic heterocycles. The number of carbonyl (C=O) groups excluding carboxylic acids is 2. The minimum Gasteiger partial charge on any atom is -0.491 e. The van der Waals surface area contributed by atoms with Crippen molar-refractivity contribution in [2.24, 2.45) is 11.8 Å². The summed E-state index contributed by atoms with van der Waals surface area (Å²) in [4.78, 5) is 25.5. The summed E-state index contributed by atoms with van der Waals surface area (Å²) in [7, 11) is 1.58. The summed E-state index contributed by atoms with van der Waals surface area (Å²) in [5, 5.41) is 5.78. The molecule has 1 saturated carbocycles. The van der Waals surface area contributed by atoms with E-state index in [9.17, 15) is 9.59 Å². The Hall–Kier alpha value is -2.86. The highest BCUT2D eigenvalue weighted by Crippen LogP contribution is 2.45. The van der Waals surface area contributed by atoms with Crippen LogP contribution in [-0.4, -0.2) is 44.7 Å². The normalized spacial score (nSPS) is 26.3. The predicted octanol–water partition coefficient (Wildman–Crippen LogP) is 2.25. The first-order valence-corrected chi connectivity index (χ1v) is 10.1. The van der Waals surface area contributed by atoms with Gasteiger partial charge in [0, 0.05) is 42.0 Å². The van der Waals surface area contributed by atoms with Crippen molar-refractivity contribution in [2.45, 2.75) is 18.9 Å². The van der Waals surface area contributed by atoms with E-state index in [1.54, 1.807) is 13.1 Å². The summed E-state index contributed by atoms with van der Waals surface area (Å²) in [6, 6.07) is 11.9. The second kappa shape index (κ2) is 6.88. The maximum atomic E-state index is 13.0. The molecule has 2 aromatic rings. The molecule has 0 spiro atoms. The van der Waals surface area contributed by atoms with Gasteiger partial charge in [0.05, 0.1) is 25.4 Å². The number of carbonyl (C=O) groups is 2. The summed E-state index contributed by atoms with van der Waals surface area (Å²) < 4.78 is 11.4. The molecule has 3 atom stereocenters. The van der Waals surface area contributed by atoms with E-state index in [0.29, 0.717) is 48.5 Å². The highest BCUT2D eigenvalue weighted by atomic mass is 16.5. The summed E-state index contributed by atoms with van der Waals surface area (Å²) in [5.41, 5.74) is 4.12. The summed E-state index contributed by atoms with van der Waals surface area (Å²) in [6.45, 7) is 3.95. The SMILES string of the molecule is CNC(=O)c1cc(C(=O)NC2C3COCC32)cc2c1OCC2c1ccccc1C. The molecule has 0 bridgehead atoms. The van der Waals surface area contributed by atoms with Gasteiger partial charge in [-0.1, -0.05) is 24.3 Å². The first-order valence-electron chi connectivity index (χ1n) is 10.1. The first kappa shape index (κ1) is 18.2. The molecule has 2 fully saturated rings. The zero-order chi connectivity index (χ0) is 20.1. The fraction of sp³-hybridized carbons (Fsp3) is 0.391. The number of ether oxygens (including phenoxy) is 2. The minimum atomic E-state index is -0.252. The van der Waals surface area contributed by atoms with Crippen LogP contribution >= 0.6 is 0 Å². The van der Waals surface area contributed by atoms with Crippen LogP contribution < -0.4 is 15.4 Å². The molecule has 5 rings (SSSR count). The molecule has 1 saturated heterocycles. The lowest BCUT2D eigenvalue weighted by Gasteiger charge is -2.15. The highest BCUT2D eigenvalue weighted by molar-refractivity contribution is 6.02. The van der Waals surface area contributed by atoms with E-state index < -0.39 is 0 Å².